The molecular formula is C20H26N6OS. The van der Waals surface area contributed by atoms with Crippen LogP contribution in [0.4, 0.5) is 5.82 Å². The quantitative estimate of drug-likeness (QED) is 0.660. The molecule has 1 aliphatic heterocycles. The molecule has 3 aromatic rings. The third-order valence-corrected chi connectivity index (χ3v) is 6.40. The minimum Gasteiger partial charge on any atom is -0.356 e. The first-order valence-corrected chi connectivity index (χ1v) is 10.7. The van der Waals surface area contributed by atoms with Crippen LogP contribution in [0.15, 0.2) is 23.8 Å². The summed E-state index contributed by atoms with van der Waals surface area (Å²) < 4.78 is 1.84. The van der Waals surface area contributed by atoms with Crippen molar-refractivity contribution in [3.05, 3.63) is 40.0 Å². The Labute approximate surface area is 169 Å². The summed E-state index contributed by atoms with van der Waals surface area (Å²) in [5.74, 6) is 1.88. The van der Waals surface area contributed by atoms with E-state index in [9.17, 15) is 4.79 Å². The molecule has 0 aliphatic carbocycles. The molecule has 1 aliphatic rings. The molecule has 1 amide bonds. The molecule has 0 N–H and O–H groups in total. The summed E-state index contributed by atoms with van der Waals surface area (Å²) in [5.41, 5.74) is 2.12. The Balaban J connectivity index is 1.53. The number of thiophene rings is 1. The second-order valence-corrected chi connectivity index (χ2v) is 8.26. The van der Waals surface area contributed by atoms with Crippen LogP contribution in [-0.2, 0) is 0 Å². The monoisotopic (exact) mass is 398 g/mol. The van der Waals surface area contributed by atoms with Gasteiger partial charge in [0.25, 0.3) is 11.7 Å². The van der Waals surface area contributed by atoms with Crippen LogP contribution in [0.1, 0.15) is 47.1 Å². The zero-order valence-corrected chi connectivity index (χ0v) is 17.4. The summed E-state index contributed by atoms with van der Waals surface area (Å²) in [7, 11) is 0. The van der Waals surface area contributed by atoms with Gasteiger partial charge in [-0.2, -0.15) is 14.6 Å². The highest BCUT2D eigenvalue weighted by molar-refractivity contribution is 7.12. The number of carbonyl (C=O) groups is 1. The van der Waals surface area contributed by atoms with Crippen LogP contribution in [0.25, 0.3) is 5.78 Å². The fourth-order valence-electron chi connectivity index (χ4n) is 4.01. The predicted octanol–water partition coefficient (Wildman–Crippen LogP) is 3.32. The Morgan fingerprint density at radius 2 is 2.11 bits per heavy atom. The van der Waals surface area contributed by atoms with Crippen LogP contribution in [0.3, 0.4) is 0 Å². The topological polar surface area (TPSA) is 66.6 Å². The van der Waals surface area contributed by atoms with Gasteiger partial charge in [0.2, 0.25) is 0 Å². The number of amides is 1. The van der Waals surface area contributed by atoms with Gasteiger partial charge in [-0.05, 0) is 44.6 Å². The molecule has 0 unspecified atom stereocenters. The number of anilines is 1. The van der Waals surface area contributed by atoms with Gasteiger partial charge in [0.05, 0.1) is 4.88 Å². The van der Waals surface area contributed by atoms with E-state index >= 15 is 0 Å². The third kappa shape index (κ3) is 3.37. The molecule has 4 rings (SSSR count). The van der Waals surface area contributed by atoms with Crippen molar-refractivity contribution in [2.75, 3.05) is 24.5 Å². The number of fused-ring (bicyclic) bond motifs is 1. The Morgan fingerprint density at radius 1 is 1.32 bits per heavy atom. The summed E-state index contributed by atoms with van der Waals surface area (Å²) >= 11 is 1.53. The summed E-state index contributed by atoms with van der Waals surface area (Å²) in [5, 5.41) is 6.35. The second-order valence-electron chi connectivity index (χ2n) is 7.31. The van der Waals surface area contributed by atoms with Gasteiger partial charge >= 0.3 is 0 Å². The van der Waals surface area contributed by atoms with Gasteiger partial charge in [0.1, 0.15) is 12.1 Å². The number of carbonyl (C=O) groups excluding carboxylic acids is 1. The average Bonchev–Trinajstić information content (AvgIpc) is 3.39. The van der Waals surface area contributed by atoms with Gasteiger partial charge in [0, 0.05) is 36.9 Å². The van der Waals surface area contributed by atoms with Crippen LogP contribution in [0.5, 0.6) is 0 Å². The van der Waals surface area contributed by atoms with E-state index in [-0.39, 0.29) is 11.9 Å². The number of nitrogens with zero attached hydrogens (tertiary/aromatic N) is 6. The van der Waals surface area contributed by atoms with Crippen molar-refractivity contribution < 1.29 is 4.79 Å². The first-order chi connectivity index (χ1) is 13.6. The molecular weight excluding hydrogens is 372 g/mol. The van der Waals surface area contributed by atoms with Crippen LogP contribution in [-0.4, -0.2) is 56.1 Å². The van der Waals surface area contributed by atoms with E-state index in [0.717, 1.165) is 60.8 Å². The van der Waals surface area contributed by atoms with Gasteiger partial charge in [-0.25, -0.2) is 4.98 Å². The van der Waals surface area contributed by atoms with E-state index < -0.39 is 0 Å². The van der Waals surface area contributed by atoms with Gasteiger partial charge < -0.3 is 9.80 Å². The van der Waals surface area contributed by atoms with E-state index in [1.165, 1.54) is 11.3 Å². The van der Waals surface area contributed by atoms with E-state index in [1.807, 2.05) is 29.0 Å². The Hall–Kier alpha value is -2.48. The standard InChI is InChI=1S/C20H26N6OS/c1-4-9-25(19(27)17-6-5-12-28-17)16-7-10-24(11-8-16)18-14(2)15(3)23-20-21-13-22-26(18)20/h5-6,12-13,16H,4,7-11H2,1-3H3. The lowest BCUT2D eigenvalue weighted by Gasteiger charge is -2.39. The van der Waals surface area contributed by atoms with E-state index in [1.54, 1.807) is 6.33 Å². The molecule has 28 heavy (non-hydrogen) atoms. The van der Waals surface area contributed by atoms with Gasteiger partial charge in [-0.1, -0.05) is 13.0 Å². The summed E-state index contributed by atoms with van der Waals surface area (Å²) in [4.78, 5) is 27.0. The van der Waals surface area contributed by atoms with Crippen LogP contribution >= 0.6 is 11.3 Å². The fraction of sp³-hybridized carbons (Fsp3) is 0.500. The Bertz CT molecular complexity index is 959. The molecule has 0 spiro atoms. The van der Waals surface area contributed by atoms with E-state index in [4.69, 9.17) is 0 Å². The lowest BCUT2D eigenvalue weighted by molar-refractivity contribution is 0.0654. The number of hydrogen-bond donors (Lipinski definition) is 0. The maximum absolute atomic E-state index is 13.0. The van der Waals surface area contributed by atoms with Gasteiger partial charge in [-0.15, -0.1) is 11.3 Å². The maximum atomic E-state index is 13.0. The molecule has 0 saturated carbocycles. The maximum Gasteiger partial charge on any atom is 0.264 e. The summed E-state index contributed by atoms with van der Waals surface area (Å²) in [6, 6.07) is 4.15. The molecule has 1 saturated heterocycles. The number of aromatic nitrogens is 4. The van der Waals surface area contributed by atoms with Gasteiger partial charge in [0.15, 0.2) is 0 Å². The third-order valence-electron chi connectivity index (χ3n) is 5.54. The van der Waals surface area contributed by atoms with Crippen molar-refractivity contribution in [2.24, 2.45) is 0 Å². The fourth-order valence-corrected chi connectivity index (χ4v) is 4.69. The van der Waals surface area contributed by atoms with Crippen molar-refractivity contribution in [1.82, 2.24) is 24.5 Å². The first-order valence-electron chi connectivity index (χ1n) is 9.86. The molecule has 3 aromatic heterocycles. The number of hydrogen-bond acceptors (Lipinski definition) is 6. The number of rotatable bonds is 5. The van der Waals surface area contributed by atoms with Crippen LogP contribution in [0, 0.1) is 13.8 Å². The molecule has 8 heteroatoms. The molecule has 0 bridgehead atoms. The molecule has 7 nitrogen and oxygen atoms in total. The number of piperidine rings is 1. The Morgan fingerprint density at radius 3 is 2.79 bits per heavy atom. The highest BCUT2D eigenvalue weighted by Gasteiger charge is 2.30. The highest BCUT2D eigenvalue weighted by atomic mass is 32.1. The summed E-state index contributed by atoms with van der Waals surface area (Å²) in [6.45, 7) is 8.83. The van der Waals surface area contributed by atoms with Crippen molar-refractivity contribution in [3.63, 3.8) is 0 Å². The molecule has 0 atom stereocenters. The lowest BCUT2D eigenvalue weighted by atomic mass is 10.0. The lowest BCUT2D eigenvalue weighted by Crippen LogP contribution is -2.48. The molecule has 0 radical (unpaired) electrons. The SMILES string of the molecule is CCCN(C(=O)c1cccs1)C1CCN(c2c(C)c(C)nc3ncnn23)CC1. The van der Waals surface area contributed by atoms with Crippen molar-refractivity contribution >= 4 is 28.8 Å². The van der Waals surface area contributed by atoms with Crippen LogP contribution in [0.2, 0.25) is 0 Å². The second kappa shape index (κ2) is 7.87. The molecule has 148 valence electrons. The summed E-state index contributed by atoms with van der Waals surface area (Å²) in [6.07, 6.45) is 4.43. The molecule has 0 aromatic carbocycles. The van der Waals surface area contributed by atoms with Crippen molar-refractivity contribution in [3.8, 4) is 0 Å². The van der Waals surface area contributed by atoms with Crippen molar-refractivity contribution in [2.45, 2.75) is 46.1 Å². The number of aryl methyl sites for hydroxylation is 1. The Kier molecular flexibility index (Phi) is 5.30. The molecule has 1 fully saturated rings. The first kappa shape index (κ1) is 18.9. The largest absolute Gasteiger partial charge is 0.356 e. The van der Waals surface area contributed by atoms with Crippen molar-refractivity contribution in [1.29, 1.82) is 0 Å². The minimum absolute atomic E-state index is 0.171. The smallest absolute Gasteiger partial charge is 0.264 e. The highest BCUT2D eigenvalue weighted by Crippen LogP contribution is 2.28. The predicted molar refractivity (Wildman–Crippen MR) is 111 cm³/mol. The normalized spacial score (nSPS) is 15.3. The zero-order valence-electron chi connectivity index (χ0n) is 16.6. The van der Waals surface area contributed by atoms with Crippen LogP contribution < -0.4 is 4.90 Å². The zero-order chi connectivity index (χ0) is 19.7. The minimum atomic E-state index is 0.171. The van der Waals surface area contributed by atoms with Gasteiger partial charge in [-0.3, -0.25) is 4.79 Å². The van der Waals surface area contributed by atoms with E-state index in [2.05, 4.69) is 38.7 Å². The van der Waals surface area contributed by atoms with E-state index in [0.29, 0.717) is 5.78 Å². The molecule has 4 heterocycles. The average molecular weight is 399 g/mol.